The van der Waals surface area contributed by atoms with Gasteiger partial charge in [-0.25, -0.2) is 9.13 Å². The van der Waals surface area contributed by atoms with E-state index in [4.69, 9.17) is 37.0 Å². The Morgan fingerprint density at radius 3 is 0.896 bits per heavy atom. The Balaban J connectivity index is 5.39. The van der Waals surface area contributed by atoms with E-state index < -0.39 is 97.5 Å². The van der Waals surface area contributed by atoms with E-state index in [2.05, 4.69) is 149 Å². The molecule has 0 aliphatic carbocycles. The normalized spacial score (nSPS) is 14.7. The number of phosphoric acid groups is 2. The largest absolute Gasteiger partial charge is 0.472 e. The molecular weight excluding hydrogens is 1260 g/mol. The molecule has 5 unspecified atom stereocenters. The average Bonchev–Trinajstić information content (AvgIpc) is 1.11. The minimum absolute atomic E-state index is 0.0720. The lowest BCUT2D eigenvalue weighted by molar-refractivity contribution is -0.161. The molecule has 0 saturated heterocycles. The zero-order valence-corrected chi connectivity index (χ0v) is 61.5. The minimum atomic E-state index is -4.98. The van der Waals surface area contributed by atoms with Gasteiger partial charge in [-0.1, -0.05) is 233 Å². The molecule has 0 fully saturated rings. The maximum Gasteiger partial charge on any atom is 0.472 e. The molecule has 0 bridgehead atoms. The lowest BCUT2D eigenvalue weighted by Crippen LogP contribution is -2.30. The highest BCUT2D eigenvalue weighted by Crippen LogP contribution is 2.45. The van der Waals surface area contributed by atoms with Crippen molar-refractivity contribution in [3.8, 4) is 0 Å². The summed E-state index contributed by atoms with van der Waals surface area (Å²) in [7, 11) is -9.97. The van der Waals surface area contributed by atoms with Crippen LogP contribution >= 0.6 is 15.6 Å². The number of esters is 4. The predicted molar refractivity (Wildman–Crippen MR) is 390 cm³/mol. The van der Waals surface area contributed by atoms with Gasteiger partial charge < -0.3 is 33.8 Å². The first-order valence-corrected chi connectivity index (χ1v) is 39.8. The summed E-state index contributed by atoms with van der Waals surface area (Å²) in [6.45, 7) is 4.47. The second-order valence-corrected chi connectivity index (χ2v) is 27.0. The van der Waals surface area contributed by atoms with Crippen molar-refractivity contribution in [3.05, 3.63) is 122 Å². The second-order valence-electron chi connectivity index (χ2n) is 24.1. The van der Waals surface area contributed by atoms with Crippen LogP contribution in [0, 0.1) is 0 Å². The van der Waals surface area contributed by atoms with E-state index in [1.807, 2.05) is 0 Å². The third-order valence-corrected chi connectivity index (χ3v) is 16.8. The molecule has 0 aliphatic rings. The summed E-state index contributed by atoms with van der Waals surface area (Å²) in [5.74, 6) is -2.27. The summed E-state index contributed by atoms with van der Waals surface area (Å²) in [6.07, 6.45) is 73.5. The average molecular weight is 1390 g/mol. The van der Waals surface area contributed by atoms with E-state index in [0.29, 0.717) is 25.7 Å². The molecule has 17 nitrogen and oxygen atoms in total. The number of carbonyl (C=O) groups is 4. The number of hydrogen-bond acceptors (Lipinski definition) is 15. The molecule has 0 rings (SSSR count). The third-order valence-electron chi connectivity index (χ3n) is 14.9. The van der Waals surface area contributed by atoms with Crippen molar-refractivity contribution in [1.29, 1.82) is 0 Å². The van der Waals surface area contributed by atoms with E-state index in [-0.39, 0.29) is 25.7 Å². The van der Waals surface area contributed by atoms with Crippen LogP contribution < -0.4 is 0 Å². The van der Waals surface area contributed by atoms with E-state index >= 15 is 0 Å². The Kier molecular flexibility index (Phi) is 65.7. The number of phosphoric ester groups is 2. The van der Waals surface area contributed by atoms with E-state index in [1.54, 1.807) is 0 Å². The van der Waals surface area contributed by atoms with Crippen LogP contribution in [-0.4, -0.2) is 96.7 Å². The Hall–Kier alpha value is -4.54. The molecule has 96 heavy (non-hydrogen) atoms. The van der Waals surface area contributed by atoms with Crippen molar-refractivity contribution in [2.24, 2.45) is 0 Å². The van der Waals surface area contributed by atoms with E-state index in [1.165, 1.54) is 32.1 Å². The topological polar surface area (TPSA) is 237 Å². The monoisotopic (exact) mass is 1390 g/mol. The number of carbonyl (C=O) groups excluding carboxylic acids is 4. The van der Waals surface area contributed by atoms with Crippen LogP contribution in [-0.2, 0) is 65.4 Å². The fourth-order valence-electron chi connectivity index (χ4n) is 9.29. The van der Waals surface area contributed by atoms with Gasteiger partial charge in [0.15, 0.2) is 12.2 Å². The molecule has 3 N–H and O–H groups in total. The molecule has 0 aliphatic heterocycles. The van der Waals surface area contributed by atoms with Crippen LogP contribution in [0.1, 0.15) is 285 Å². The fourth-order valence-corrected chi connectivity index (χ4v) is 10.9. The molecule has 0 saturated carbocycles. The van der Waals surface area contributed by atoms with Gasteiger partial charge in [0.1, 0.15) is 19.3 Å². The Bertz CT molecular complexity index is 2300. The highest BCUT2D eigenvalue weighted by Gasteiger charge is 2.30. The maximum absolute atomic E-state index is 13.1. The summed E-state index contributed by atoms with van der Waals surface area (Å²) < 4.78 is 68.3. The first-order chi connectivity index (χ1) is 46.7. The number of unbranched alkanes of at least 4 members (excludes halogenated alkanes) is 22. The predicted octanol–water partition coefficient (Wildman–Crippen LogP) is 20.8. The third kappa shape index (κ3) is 68.0. The van der Waals surface area contributed by atoms with E-state index in [9.17, 15) is 43.2 Å². The van der Waals surface area contributed by atoms with Gasteiger partial charge in [0.2, 0.25) is 0 Å². The van der Waals surface area contributed by atoms with Crippen molar-refractivity contribution in [2.45, 2.75) is 303 Å². The number of allylic oxidation sites excluding steroid dienone is 20. The quantitative estimate of drug-likeness (QED) is 0.0169. The van der Waals surface area contributed by atoms with Crippen molar-refractivity contribution in [1.82, 2.24) is 0 Å². The molecule has 0 aromatic rings. The number of rotatable bonds is 68. The lowest BCUT2D eigenvalue weighted by atomic mass is 10.1. The van der Waals surface area contributed by atoms with Gasteiger partial charge in [-0.15, -0.1) is 0 Å². The van der Waals surface area contributed by atoms with Gasteiger partial charge in [-0.05, 0) is 148 Å². The molecule has 0 heterocycles. The van der Waals surface area contributed by atoms with Crippen LogP contribution in [0.15, 0.2) is 122 Å². The van der Waals surface area contributed by atoms with Gasteiger partial charge in [0.05, 0.1) is 26.4 Å². The van der Waals surface area contributed by atoms with Crippen LogP contribution in [0.4, 0.5) is 0 Å². The van der Waals surface area contributed by atoms with Crippen LogP contribution in [0.5, 0.6) is 0 Å². The van der Waals surface area contributed by atoms with Crippen molar-refractivity contribution >= 4 is 39.5 Å². The molecule has 550 valence electrons. The summed E-state index contributed by atoms with van der Waals surface area (Å²) in [4.78, 5) is 72.7. The van der Waals surface area contributed by atoms with Gasteiger partial charge in [0.25, 0.3) is 0 Å². The van der Waals surface area contributed by atoms with Crippen molar-refractivity contribution in [2.75, 3.05) is 39.6 Å². The number of aliphatic hydroxyl groups excluding tert-OH is 1. The number of aliphatic hydroxyl groups is 1. The van der Waals surface area contributed by atoms with E-state index in [0.717, 1.165) is 173 Å². The van der Waals surface area contributed by atoms with Gasteiger partial charge in [-0.2, -0.15) is 0 Å². The number of ether oxygens (including phenoxy) is 4. The SMILES string of the molecule is CC/C=C\C/C=C\C/C=C\C/C=C\CCCCC(=O)OCC(COP(=O)(O)OCC(O)COP(=O)(O)OCC(COC(=O)CCCCCCC/C=C\C/C=C\C/C=C\CC)OC(=O)CCCCCCC/C=C\C/C=C\CCCCC)OC(=O)CCCCCCC/C=C\CCCC. The van der Waals surface area contributed by atoms with Crippen molar-refractivity contribution in [3.63, 3.8) is 0 Å². The summed E-state index contributed by atoms with van der Waals surface area (Å²) in [6, 6.07) is 0. The van der Waals surface area contributed by atoms with Crippen LogP contribution in [0.25, 0.3) is 0 Å². The Morgan fingerprint density at radius 2 is 0.552 bits per heavy atom. The Labute approximate surface area is 581 Å². The highest BCUT2D eigenvalue weighted by atomic mass is 31.2. The highest BCUT2D eigenvalue weighted by molar-refractivity contribution is 7.47. The van der Waals surface area contributed by atoms with Gasteiger partial charge >= 0.3 is 39.5 Å². The smallest absolute Gasteiger partial charge is 0.462 e. The van der Waals surface area contributed by atoms with Gasteiger partial charge in [0, 0.05) is 25.7 Å². The summed E-state index contributed by atoms with van der Waals surface area (Å²) in [5, 5.41) is 10.6. The molecule has 0 radical (unpaired) electrons. The molecular formula is C77H130O17P2. The second kappa shape index (κ2) is 69.0. The summed E-state index contributed by atoms with van der Waals surface area (Å²) >= 11 is 0. The standard InChI is InChI=1S/C77H130O17P2/c1-5-9-13-17-21-25-29-32-35-38-42-45-49-53-57-61-74(79)87-67-72(93-76(81)63-59-55-51-47-41-28-24-20-16-12-8-4)69-91-95(83,84)89-65-71(78)66-90-96(85,86)92-70-73(94-77(82)64-60-56-52-48-44-40-37-34-31-27-23-19-15-11-7-3)68-88-75(80)62-58-54-50-46-43-39-36-33-30-26-22-18-14-10-6-2/h9-10,13-14,20-27,32-37,42,45,71-73,78H,5-8,11-12,15-19,28-31,38-41,43-44,46-70H2,1-4H3,(H,83,84)(H,85,86)/b13-9-,14-10-,24-20-,25-21-,26-22-,27-23-,35-32-,36-33-,37-34-,45-42-. The lowest BCUT2D eigenvalue weighted by Gasteiger charge is -2.21. The molecule has 5 atom stereocenters. The number of hydrogen-bond donors (Lipinski definition) is 3. The maximum atomic E-state index is 13.1. The first kappa shape index (κ1) is 91.5. The fraction of sp³-hybridized carbons (Fsp3) is 0.688. The first-order valence-electron chi connectivity index (χ1n) is 36.8. The molecule has 0 amide bonds. The van der Waals surface area contributed by atoms with Crippen molar-refractivity contribution < 1.29 is 80.2 Å². The minimum Gasteiger partial charge on any atom is -0.462 e. The zero-order valence-electron chi connectivity index (χ0n) is 59.8. The van der Waals surface area contributed by atoms with Gasteiger partial charge in [-0.3, -0.25) is 37.3 Å². The zero-order chi connectivity index (χ0) is 70.4. The molecule has 0 spiro atoms. The summed E-state index contributed by atoms with van der Waals surface area (Å²) in [5.41, 5.74) is 0. The van der Waals surface area contributed by atoms with Crippen LogP contribution in [0.3, 0.4) is 0 Å². The molecule has 0 aromatic heterocycles. The molecule has 19 heteroatoms. The molecule has 0 aromatic carbocycles. The van der Waals surface area contributed by atoms with Crippen LogP contribution in [0.2, 0.25) is 0 Å². The Morgan fingerprint density at radius 1 is 0.302 bits per heavy atom.